The van der Waals surface area contributed by atoms with Gasteiger partial charge in [0.1, 0.15) is 11.5 Å². The van der Waals surface area contributed by atoms with Crippen molar-refractivity contribution >= 4 is 29.1 Å². The molecule has 4 aromatic rings. The number of ether oxygens (including phenoxy) is 1. The number of pyridine rings is 2. The molecule has 5 rings (SSSR count). The molecule has 0 radical (unpaired) electrons. The highest BCUT2D eigenvalue weighted by Gasteiger charge is 2.37. The van der Waals surface area contributed by atoms with Crippen LogP contribution in [0.5, 0.6) is 5.75 Å². The first-order valence-electron chi connectivity index (χ1n) is 12.3. The van der Waals surface area contributed by atoms with E-state index in [1.807, 2.05) is 10.7 Å². The van der Waals surface area contributed by atoms with Crippen molar-refractivity contribution < 1.29 is 28.1 Å². The Morgan fingerprint density at radius 2 is 1.95 bits per heavy atom. The molecule has 4 aromatic heterocycles. The van der Waals surface area contributed by atoms with E-state index in [0.29, 0.717) is 37.2 Å². The van der Waals surface area contributed by atoms with E-state index in [9.17, 15) is 18.3 Å². The Morgan fingerprint density at radius 1 is 1.18 bits per heavy atom. The third-order valence-corrected chi connectivity index (χ3v) is 6.69. The smallest absolute Gasteiger partial charge is 0.437 e. The minimum Gasteiger partial charge on any atom is -0.488 e. The van der Waals surface area contributed by atoms with Crippen LogP contribution in [-0.4, -0.2) is 65.6 Å². The topological polar surface area (TPSA) is 123 Å². The van der Waals surface area contributed by atoms with Crippen molar-refractivity contribution in [2.75, 3.05) is 19.0 Å². The summed E-state index contributed by atoms with van der Waals surface area (Å²) in [6, 6.07) is 4.68. The zero-order chi connectivity index (χ0) is 26.9. The second kappa shape index (κ2) is 11.8. The van der Waals surface area contributed by atoms with Crippen LogP contribution in [0.2, 0.25) is 0 Å². The summed E-state index contributed by atoms with van der Waals surface area (Å²) in [5.41, 5.74) is 1.29. The van der Waals surface area contributed by atoms with Crippen molar-refractivity contribution in [3.05, 3.63) is 48.7 Å². The summed E-state index contributed by atoms with van der Waals surface area (Å²) in [6.45, 7) is -0.220. The minimum absolute atomic E-state index is 0. The first kappa shape index (κ1) is 28.6. The fourth-order valence-electron chi connectivity index (χ4n) is 4.81. The van der Waals surface area contributed by atoms with Crippen LogP contribution in [0.1, 0.15) is 37.4 Å². The molecule has 0 saturated heterocycles. The Bertz CT molecular complexity index is 1400. The van der Waals surface area contributed by atoms with Gasteiger partial charge in [-0.2, -0.15) is 23.4 Å². The monoisotopic (exact) mass is 567 g/mol. The van der Waals surface area contributed by atoms with Crippen LogP contribution in [-0.2, 0) is 12.7 Å². The SMILES string of the molecule is CNc1cc2c(cn1)c(-c1cnn(CC(O)CO)c1)nn2C1CCC(Oc2cccnc2C(F)(F)F)CC1.Cl. The first-order chi connectivity index (χ1) is 18.3. The van der Waals surface area contributed by atoms with E-state index in [1.165, 1.54) is 12.1 Å². The molecule has 39 heavy (non-hydrogen) atoms. The summed E-state index contributed by atoms with van der Waals surface area (Å²) in [6.07, 6.45) is 2.87. The number of nitrogens with one attached hydrogen (secondary N) is 1. The summed E-state index contributed by atoms with van der Waals surface area (Å²) in [4.78, 5) is 7.92. The third-order valence-electron chi connectivity index (χ3n) is 6.69. The van der Waals surface area contributed by atoms with Gasteiger partial charge < -0.3 is 20.3 Å². The first-order valence-corrected chi connectivity index (χ1v) is 12.3. The molecule has 0 spiro atoms. The largest absolute Gasteiger partial charge is 0.488 e. The molecule has 0 bridgehead atoms. The van der Waals surface area contributed by atoms with Gasteiger partial charge in [-0.1, -0.05) is 0 Å². The number of fused-ring (bicyclic) bond motifs is 1. The molecule has 1 unspecified atom stereocenters. The molecule has 14 heteroatoms. The fourth-order valence-corrected chi connectivity index (χ4v) is 4.81. The summed E-state index contributed by atoms with van der Waals surface area (Å²) in [5, 5.41) is 31.9. The van der Waals surface area contributed by atoms with Gasteiger partial charge in [-0.25, -0.2) is 9.97 Å². The Kier molecular flexibility index (Phi) is 8.62. The summed E-state index contributed by atoms with van der Waals surface area (Å²) >= 11 is 0. The van der Waals surface area contributed by atoms with Crippen molar-refractivity contribution in [1.82, 2.24) is 29.5 Å². The second-order valence-electron chi connectivity index (χ2n) is 9.31. The lowest BCUT2D eigenvalue weighted by Crippen LogP contribution is -2.27. The maximum atomic E-state index is 13.3. The molecule has 0 aromatic carbocycles. The van der Waals surface area contributed by atoms with Crippen LogP contribution in [0.4, 0.5) is 19.0 Å². The summed E-state index contributed by atoms with van der Waals surface area (Å²) < 4.78 is 49.2. The average molecular weight is 568 g/mol. The number of alkyl halides is 3. The van der Waals surface area contributed by atoms with Crippen molar-refractivity contribution in [3.8, 4) is 17.0 Å². The lowest BCUT2D eigenvalue weighted by atomic mass is 9.93. The highest BCUT2D eigenvalue weighted by Crippen LogP contribution is 2.39. The maximum absolute atomic E-state index is 13.3. The van der Waals surface area contributed by atoms with Crippen LogP contribution < -0.4 is 10.1 Å². The third kappa shape index (κ3) is 6.10. The van der Waals surface area contributed by atoms with Gasteiger partial charge in [-0.15, -0.1) is 12.4 Å². The molecule has 10 nitrogen and oxygen atoms in total. The number of nitrogens with zero attached hydrogens (tertiary/aromatic N) is 6. The standard InChI is InChI=1S/C25H28F3N7O3.ClH/c1-29-22-9-20-19(11-31-22)23(15-10-32-34(12-15)13-17(37)14-36)33-35(20)16-4-6-18(7-5-16)38-21-3-2-8-30-24(21)25(26,27)28;/h2-3,8-12,16-18,36-37H,4-7,13-14H2,1H3,(H,29,31);1H. The van der Waals surface area contributed by atoms with Crippen LogP contribution in [0.3, 0.4) is 0 Å². The Hall–Kier alpha value is -3.42. The zero-order valence-electron chi connectivity index (χ0n) is 21.0. The highest BCUT2D eigenvalue weighted by molar-refractivity contribution is 5.93. The molecular formula is C25H29ClF3N7O3. The number of halogens is 4. The van der Waals surface area contributed by atoms with Gasteiger partial charge in [0.15, 0.2) is 11.4 Å². The van der Waals surface area contributed by atoms with E-state index in [2.05, 4.69) is 20.4 Å². The summed E-state index contributed by atoms with van der Waals surface area (Å²) in [7, 11) is 1.78. The lowest BCUT2D eigenvalue weighted by molar-refractivity contribution is -0.143. The Morgan fingerprint density at radius 3 is 2.64 bits per heavy atom. The number of hydrogen-bond acceptors (Lipinski definition) is 8. The molecule has 210 valence electrons. The molecule has 1 aliphatic rings. The fraction of sp³-hybridized carbons (Fsp3) is 0.440. The van der Waals surface area contributed by atoms with E-state index < -0.39 is 18.0 Å². The van der Waals surface area contributed by atoms with Gasteiger partial charge in [0.25, 0.3) is 0 Å². The van der Waals surface area contributed by atoms with E-state index in [1.54, 1.807) is 30.3 Å². The number of hydrogen-bond donors (Lipinski definition) is 3. The molecule has 1 fully saturated rings. The maximum Gasteiger partial charge on any atom is 0.437 e. The lowest BCUT2D eigenvalue weighted by Gasteiger charge is -2.30. The van der Waals surface area contributed by atoms with E-state index in [0.717, 1.165) is 22.7 Å². The Balaban J connectivity index is 0.00000353. The quantitative estimate of drug-likeness (QED) is 0.291. The van der Waals surface area contributed by atoms with Gasteiger partial charge in [0.2, 0.25) is 0 Å². The second-order valence-corrected chi connectivity index (χ2v) is 9.31. The van der Waals surface area contributed by atoms with Gasteiger partial charge in [0, 0.05) is 42.7 Å². The molecule has 0 amide bonds. The van der Waals surface area contributed by atoms with Crippen molar-refractivity contribution in [2.45, 2.75) is 56.7 Å². The molecule has 4 heterocycles. The van der Waals surface area contributed by atoms with E-state index >= 15 is 0 Å². The van der Waals surface area contributed by atoms with Crippen molar-refractivity contribution in [3.63, 3.8) is 0 Å². The highest BCUT2D eigenvalue weighted by atomic mass is 35.5. The van der Waals surface area contributed by atoms with Crippen LogP contribution in [0, 0.1) is 0 Å². The number of rotatable bonds is 8. The predicted octanol–water partition coefficient (Wildman–Crippen LogP) is 4.09. The molecule has 0 aliphatic heterocycles. The number of aliphatic hydroxyl groups excluding tert-OH is 2. The summed E-state index contributed by atoms with van der Waals surface area (Å²) in [5.74, 6) is 0.434. The van der Waals surface area contributed by atoms with Gasteiger partial charge in [-0.3, -0.25) is 9.36 Å². The van der Waals surface area contributed by atoms with Gasteiger partial charge >= 0.3 is 6.18 Å². The van der Waals surface area contributed by atoms with E-state index in [-0.39, 0.29) is 43.5 Å². The average Bonchev–Trinajstić information content (AvgIpc) is 3.53. The molecular weight excluding hydrogens is 539 g/mol. The number of aromatic nitrogens is 6. The molecule has 1 atom stereocenters. The van der Waals surface area contributed by atoms with Gasteiger partial charge in [0.05, 0.1) is 43.1 Å². The molecule has 1 aliphatic carbocycles. The van der Waals surface area contributed by atoms with Crippen LogP contribution in [0.25, 0.3) is 22.2 Å². The van der Waals surface area contributed by atoms with Crippen molar-refractivity contribution in [2.24, 2.45) is 0 Å². The predicted molar refractivity (Wildman–Crippen MR) is 140 cm³/mol. The normalized spacial score (nSPS) is 18.5. The molecule has 1 saturated carbocycles. The van der Waals surface area contributed by atoms with Crippen molar-refractivity contribution in [1.29, 1.82) is 0 Å². The van der Waals surface area contributed by atoms with E-state index in [4.69, 9.17) is 14.9 Å². The minimum atomic E-state index is -4.58. The number of aliphatic hydroxyl groups is 2. The molecule has 3 N–H and O–H groups in total. The Labute approximate surface area is 228 Å². The van der Waals surface area contributed by atoms with Crippen LogP contribution in [0.15, 0.2) is 43.0 Å². The van der Waals surface area contributed by atoms with Crippen LogP contribution >= 0.6 is 12.4 Å². The zero-order valence-corrected chi connectivity index (χ0v) is 21.9. The number of anilines is 1. The van der Waals surface area contributed by atoms with Gasteiger partial charge in [-0.05, 0) is 37.8 Å².